The number of allylic oxidation sites excluding steroid dienone is 1. The molecule has 1 aliphatic rings. The van der Waals surface area contributed by atoms with Gasteiger partial charge in [0.1, 0.15) is 0 Å². The first-order valence-electron chi connectivity index (χ1n) is 10.6. The van der Waals surface area contributed by atoms with Gasteiger partial charge >= 0.3 is 6.03 Å². The number of rotatable bonds is 4. The Labute approximate surface area is 206 Å². The van der Waals surface area contributed by atoms with E-state index in [1.54, 1.807) is 35.2 Å². The summed E-state index contributed by atoms with van der Waals surface area (Å²) in [5, 5.41) is 8.38. The van der Waals surface area contributed by atoms with Crippen molar-refractivity contribution in [1.29, 1.82) is 0 Å². The lowest BCUT2D eigenvalue weighted by molar-refractivity contribution is 0.244. The second-order valence-electron chi connectivity index (χ2n) is 8.04. The molecule has 4 aromatic rings. The Morgan fingerprint density at radius 1 is 0.941 bits per heavy atom. The fourth-order valence-electron chi connectivity index (χ4n) is 4.03. The van der Waals surface area contributed by atoms with Crippen LogP contribution in [0.1, 0.15) is 30.0 Å². The van der Waals surface area contributed by atoms with Gasteiger partial charge in [-0.05, 0) is 49.7 Å². The number of carbonyl (C=O) groups is 1. The lowest BCUT2D eigenvalue weighted by Gasteiger charge is -2.35. The zero-order chi connectivity index (χ0) is 23.8. The maximum atomic E-state index is 13.3. The smallest absolute Gasteiger partial charge is 0.326 e. The van der Waals surface area contributed by atoms with Gasteiger partial charge in [-0.15, -0.1) is 0 Å². The zero-order valence-electron chi connectivity index (χ0n) is 18.4. The molecule has 6 nitrogen and oxygen atoms in total. The number of aryl methyl sites for hydroxylation is 1. The Bertz CT molecular complexity index is 1410. The third-order valence-electron chi connectivity index (χ3n) is 5.70. The van der Waals surface area contributed by atoms with Crippen molar-refractivity contribution >= 4 is 40.5 Å². The van der Waals surface area contributed by atoms with Gasteiger partial charge in [0, 0.05) is 21.3 Å². The van der Waals surface area contributed by atoms with Crippen molar-refractivity contribution in [2.24, 2.45) is 0 Å². The SMILES string of the molecule is CC1=C(c2nc(-c3cccc(Cl)c3)no2)C(c2ccc(C)cc2)NC(=O)N1c1cccc(Cl)c1. The zero-order valence-corrected chi connectivity index (χ0v) is 19.9. The molecular weight excluding hydrogens is 471 g/mol. The van der Waals surface area contributed by atoms with Crippen molar-refractivity contribution in [3.8, 4) is 11.4 Å². The van der Waals surface area contributed by atoms with Gasteiger partial charge in [-0.1, -0.05) is 76.4 Å². The van der Waals surface area contributed by atoms with Crippen LogP contribution in [0.2, 0.25) is 10.0 Å². The van der Waals surface area contributed by atoms with Crippen molar-refractivity contribution in [2.45, 2.75) is 19.9 Å². The van der Waals surface area contributed by atoms with E-state index in [0.717, 1.165) is 16.7 Å². The number of anilines is 1. The van der Waals surface area contributed by atoms with Crippen LogP contribution in [0, 0.1) is 6.92 Å². The van der Waals surface area contributed by atoms with Crippen LogP contribution in [-0.4, -0.2) is 16.2 Å². The third-order valence-corrected chi connectivity index (χ3v) is 6.17. The van der Waals surface area contributed by atoms with Crippen LogP contribution in [0.15, 0.2) is 83.0 Å². The van der Waals surface area contributed by atoms with Crippen molar-refractivity contribution in [2.75, 3.05) is 4.90 Å². The Kier molecular flexibility index (Phi) is 5.86. The van der Waals surface area contributed by atoms with E-state index in [9.17, 15) is 4.79 Å². The Morgan fingerprint density at radius 2 is 1.65 bits per heavy atom. The van der Waals surface area contributed by atoms with Crippen molar-refractivity contribution < 1.29 is 9.32 Å². The van der Waals surface area contributed by atoms with E-state index in [-0.39, 0.29) is 6.03 Å². The van der Waals surface area contributed by atoms with E-state index in [4.69, 9.17) is 27.7 Å². The Balaban J connectivity index is 1.66. The molecule has 0 saturated heterocycles. The summed E-state index contributed by atoms with van der Waals surface area (Å²) in [5.41, 5.74) is 4.76. The molecule has 0 bridgehead atoms. The number of nitrogens with one attached hydrogen (secondary N) is 1. The van der Waals surface area contributed by atoms with Crippen molar-refractivity contribution in [1.82, 2.24) is 15.5 Å². The minimum absolute atomic E-state index is 0.274. The lowest BCUT2D eigenvalue weighted by Crippen LogP contribution is -2.46. The molecule has 0 saturated carbocycles. The number of hydrogen-bond donors (Lipinski definition) is 1. The van der Waals surface area contributed by atoms with Crippen LogP contribution in [0.3, 0.4) is 0 Å². The number of halogens is 2. The molecule has 1 unspecified atom stereocenters. The molecular formula is C26H20Cl2N4O2. The molecule has 8 heteroatoms. The minimum Gasteiger partial charge on any atom is -0.334 e. The number of aromatic nitrogens is 2. The average molecular weight is 491 g/mol. The summed E-state index contributed by atoms with van der Waals surface area (Å²) in [7, 11) is 0. The summed E-state index contributed by atoms with van der Waals surface area (Å²) in [4.78, 5) is 19.5. The molecule has 0 spiro atoms. The number of amides is 2. The monoisotopic (exact) mass is 490 g/mol. The molecule has 0 aliphatic carbocycles. The van der Waals surface area contributed by atoms with Gasteiger partial charge in [0.15, 0.2) is 0 Å². The first kappa shape index (κ1) is 22.2. The average Bonchev–Trinajstić information content (AvgIpc) is 3.29. The molecule has 1 aliphatic heterocycles. The van der Waals surface area contributed by atoms with Crippen LogP contribution < -0.4 is 10.2 Å². The number of carbonyl (C=O) groups excluding carboxylic acids is 1. The molecule has 2 heterocycles. The molecule has 34 heavy (non-hydrogen) atoms. The van der Waals surface area contributed by atoms with E-state index in [1.807, 2.05) is 56.3 Å². The molecule has 0 fully saturated rings. The summed E-state index contributed by atoms with van der Waals surface area (Å²) in [6.07, 6.45) is 0. The van der Waals surface area contributed by atoms with Crippen LogP contribution in [0.5, 0.6) is 0 Å². The first-order chi connectivity index (χ1) is 16.4. The quantitative estimate of drug-likeness (QED) is 0.332. The van der Waals surface area contributed by atoms with Crippen LogP contribution in [0.4, 0.5) is 10.5 Å². The highest BCUT2D eigenvalue weighted by atomic mass is 35.5. The fraction of sp³-hybridized carbons (Fsp3) is 0.115. The number of nitrogens with zero attached hydrogens (tertiary/aromatic N) is 3. The van der Waals surface area contributed by atoms with Gasteiger partial charge < -0.3 is 9.84 Å². The Morgan fingerprint density at radius 3 is 2.35 bits per heavy atom. The van der Waals surface area contributed by atoms with Gasteiger partial charge in [-0.2, -0.15) is 4.98 Å². The van der Waals surface area contributed by atoms with E-state index in [1.165, 1.54) is 0 Å². The van der Waals surface area contributed by atoms with E-state index in [0.29, 0.717) is 38.7 Å². The highest BCUT2D eigenvalue weighted by molar-refractivity contribution is 6.31. The van der Waals surface area contributed by atoms with E-state index >= 15 is 0 Å². The van der Waals surface area contributed by atoms with Gasteiger partial charge in [-0.3, -0.25) is 4.90 Å². The maximum Gasteiger partial charge on any atom is 0.326 e. The number of hydrogen-bond acceptors (Lipinski definition) is 4. The van der Waals surface area contributed by atoms with Crippen LogP contribution in [-0.2, 0) is 0 Å². The highest BCUT2D eigenvalue weighted by Crippen LogP contribution is 2.39. The lowest BCUT2D eigenvalue weighted by atomic mass is 9.94. The van der Waals surface area contributed by atoms with Crippen LogP contribution in [0.25, 0.3) is 17.0 Å². The predicted octanol–water partition coefficient (Wildman–Crippen LogP) is 7.05. The van der Waals surface area contributed by atoms with Gasteiger partial charge in [0.05, 0.1) is 17.3 Å². The number of urea groups is 1. The van der Waals surface area contributed by atoms with Crippen molar-refractivity contribution in [3.05, 3.63) is 106 Å². The normalized spacial score (nSPS) is 16.1. The molecule has 1 aromatic heterocycles. The van der Waals surface area contributed by atoms with E-state index < -0.39 is 6.04 Å². The standard InChI is InChI=1S/C26H20Cl2N4O2/c1-15-9-11-17(12-10-15)23-22(25-30-24(31-34-25)18-5-3-6-19(27)13-18)16(2)32(26(33)29-23)21-8-4-7-20(28)14-21/h3-14,23H,1-2H3,(H,29,33). The molecule has 0 radical (unpaired) electrons. The molecule has 5 rings (SSSR count). The predicted molar refractivity (Wildman–Crippen MR) is 134 cm³/mol. The summed E-state index contributed by atoms with van der Waals surface area (Å²) < 4.78 is 5.72. The largest absolute Gasteiger partial charge is 0.334 e. The molecule has 1 atom stereocenters. The topological polar surface area (TPSA) is 71.3 Å². The second kappa shape index (κ2) is 8.97. The summed E-state index contributed by atoms with van der Waals surface area (Å²) >= 11 is 12.4. The first-order valence-corrected chi connectivity index (χ1v) is 11.4. The molecule has 170 valence electrons. The van der Waals surface area contributed by atoms with Crippen molar-refractivity contribution in [3.63, 3.8) is 0 Å². The summed E-state index contributed by atoms with van der Waals surface area (Å²) in [5.74, 6) is 0.719. The summed E-state index contributed by atoms with van der Waals surface area (Å²) in [6, 6.07) is 21.6. The van der Waals surface area contributed by atoms with Crippen LogP contribution >= 0.6 is 23.2 Å². The molecule has 3 aromatic carbocycles. The Hall–Kier alpha value is -3.61. The summed E-state index contributed by atoms with van der Waals surface area (Å²) in [6.45, 7) is 3.88. The molecule has 1 N–H and O–H groups in total. The third kappa shape index (κ3) is 4.18. The van der Waals surface area contributed by atoms with Gasteiger partial charge in [0.25, 0.3) is 5.89 Å². The second-order valence-corrected chi connectivity index (χ2v) is 8.91. The number of benzene rings is 3. The van der Waals surface area contributed by atoms with Gasteiger partial charge in [-0.25, -0.2) is 4.79 Å². The minimum atomic E-state index is -0.476. The fourth-order valence-corrected chi connectivity index (χ4v) is 4.41. The van der Waals surface area contributed by atoms with E-state index in [2.05, 4.69) is 15.5 Å². The highest BCUT2D eigenvalue weighted by Gasteiger charge is 2.36. The maximum absolute atomic E-state index is 13.3. The molecule has 2 amide bonds. The van der Waals surface area contributed by atoms with Gasteiger partial charge in [0.2, 0.25) is 5.82 Å².